The maximum Gasteiger partial charge on any atom is 0.338 e. The van der Waals surface area contributed by atoms with E-state index < -0.39 is 18.0 Å². The molecule has 0 fully saturated rings. The molecule has 1 aliphatic rings. The van der Waals surface area contributed by atoms with E-state index in [4.69, 9.17) is 9.47 Å². The van der Waals surface area contributed by atoms with Crippen molar-refractivity contribution in [1.82, 2.24) is 20.2 Å². The van der Waals surface area contributed by atoms with Gasteiger partial charge in [0.15, 0.2) is 0 Å². The maximum absolute atomic E-state index is 13.0. The number of allylic oxidation sites excluding steroid dienone is 1. The molecule has 0 aliphatic carbocycles. The molecule has 2 aromatic carbocycles. The number of esters is 1. The molecule has 8 nitrogen and oxygen atoms in total. The number of fused-ring (bicyclic) bond motifs is 1. The molecule has 0 saturated heterocycles. The summed E-state index contributed by atoms with van der Waals surface area (Å²) in [6.07, 6.45) is 1.69. The first-order chi connectivity index (χ1) is 14.6. The average molecular weight is 406 g/mol. The summed E-state index contributed by atoms with van der Waals surface area (Å²) >= 11 is 0. The Morgan fingerprint density at radius 2 is 1.93 bits per heavy atom. The van der Waals surface area contributed by atoms with Gasteiger partial charge in [0.25, 0.3) is 0 Å². The third-order valence-electron chi connectivity index (χ3n) is 4.95. The summed E-state index contributed by atoms with van der Waals surface area (Å²) in [5.74, 6) is 0.0688. The van der Waals surface area contributed by atoms with Gasteiger partial charge in [0, 0.05) is 5.56 Å². The average Bonchev–Trinajstić information content (AvgIpc) is 3.16. The summed E-state index contributed by atoms with van der Waals surface area (Å²) in [5, 5.41) is 5.62. The smallest absolute Gasteiger partial charge is 0.338 e. The normalized spacial score (nSPS) is 16.2. The molecule has 0 bridgehead atoms. The topological polar surface area (TPSA) is 94.5 Å². The third kappa shape index (κ3) is 3.59. The highest BCUT2D eigenvalue weighted by atomic mass is 16.5. The lowest BCUT2D eigenvalue weighted by molar-refractivity contribution is -0.139. The second-order valence-electron chi connectivity index (χ2n) is 6.75. The van der Waals surface area contributed by atoms with Crippen molar-refractivity contribution in [3.8, 4) is 5.75 Å². The molecular formula is C22H22N4O4. The highest BCUT2D eigenvalue weighted by Crippen LogP contribution is 2.34. The molecule has 2 N–H and O–H groups in total. The number of hydrogen-bond acceptors (Lipinski definition) is 5. The number of benzene rings is 2. The number of para-hydroxylation sites is 3. The highest BCUT2D eigenvalue weighted by Gasteiger charge is 2.35. The van der Waals surface area contributed by atoms with Crippen LogP contribution in [0.15, 0.2) is 66.1 Å². The lowest BCUT2D eigenvalue weighted by Crippen LogP contribution is -2.47. The van der Waals surface area contributed by atoms with Crippen LogP contribution in [-0.2, 0) is 16.1 Å². The fourth-order valence-corrected chi connectivity index (χ4v) is 3.64. The molecule has 1 aliphatic heterocycles. The molecule has 154 valence electrons. The molecule has 0 radical (unpaired) electrons. The largest absolute Gasteiger partial charge is 0.496 e. The molecule has 1 aromatic heterocycles. The van der Waals surface area contributed by atoms with Crippen molar-refractivity contribution in [2.45, 2.75) is 19.5 Å². The Hall–Kier alpha value is -3.81. The fraction of sp³-hybridized carbons (Fsp3) is 0.227. The Labute approximate surface area is 173 Å². The van der Waals surface area contributed by atoms with Crippen molar-refractivity contribution in [2.24, 2.45) is 0 Å². The molecular weight excluding hydrogens is 384 g/mol. The van der Waals surface area contributed by atoms with Crippen LogP contribution in [0.2, 0.25) is 0 Å². The molecule has 4 rings (SSSR count). The number of carbonyl (C=O) groups is 2. The third-order valence-corrected chi connectivity index (χ3v) is 4.95. The molecule has 2 heterocycles. The number of carbonyl (C=O) groups excluding carboxylic acids is 2. The van der Waals surface area contributed by atoms with Crippen LogP contribution >= 0.6 is 0 Å². The van der Waals surface area contributed by atoms with Crippen LogP contribution in [-0.4, -0.2) is 35.3 Å². The summed E-state index contributed by atoms with van der Waals surface area (Å²) in [5.41, 5.74) is 3.19. The number of amides is 2. The van der Waals surface area contributed by atoms with E-state index in [1.54, 1.807) is 26.4 Å². The quantitative estimate of drug-likeness (QED) is 0.614. The Morgan fingerprint density at radius 1 is 1.17 bits per heavy atom. The predicted molar refractivity (Wildman–Crippen MR) is 111 cm³/mol. The number of rotatable bonds is 6. The molecule has 0 unspecified atom stereocenters. The van der Waals surface area contributed by atoms with Crippen molar-refractivity contribution in [3.63, 3.8) is 0 Å². The first kappa shape index (κ1) is 19.5. The van der Waals surface area contributed by atoms with Crippen molar-refractivity contribution in [2.75, 3.05) is 13.7 Å². The monoisotopic (exact) mass is 406 g/mol. The van der Waals surface area contributed by atoms with Crippen molar-refractivity contribution >= 4 is 23.0 Å². The summed E-state index contributed by atoms with van der Waals surface area (Å²) in [4.78, 5) is 29.8. The molecule has 1 atom stereocenters. The number of ether oxygens (including phenoxy) is 2. The van der Waals surface area contributed by atoms with Gasteiger partial charge in [-0.15, -0.1) is 0 Å². The number of methoxy groups -OCH3 is 1. The van der Waals surface area contributed by atoms with Crippen LogP contribution in [0.1, 0.15) is 18.5 Å². The van der Waals surface area contributed by atoms with Crippen LogP contribution in [0.5, 0.6) is 5.75 Å². The van der Waals surface area contributed by atoms with Crippen LogP contribution < -0.4 is 15.4 Å². The maximum atomic E-state index is 13.0. The number of urea groups is 1. The van der Waals surface area contributed by atoms with Crippen molar-refractivity contribution in [3.05, 3.63) is 71.7 Å². The lowest BCUT2D eigenvalue weighted by Gasteiger charge is -2.30. The van der Waals surface area contributed by atoms with Crippen LogP contribution in [0, 0.1) is 0 Å². The number of nitrogens with zero attached hydrogens (tertiary/aromatic N) is 2. The first-order valence-electron chi connectivity index (χ1n) is 9.62. The van der Waals surface area contributed by atoms with E-state index >= 15 is 0 Å². The zero-order valence-corrected chi connectivity index (χ0v) is 16.7. The van der Waals surface area contributed by atoms with E-state index in [2.05, 4.69) is 15.6 Å². The second-order valence-corrected chi connectivity index (χ2v) is 6.75. The molecule has 30 heavy (non-hydrogen) atoms. The molecule has 3 aromatic rings. The van der Waals surface area contributed by atoms with Gasteiger partial charge in [-0.05, 0) is 25.1 Å². The van der Waals surface area contributed by atoms with Crippen molar-refractivity contribution in [1.29, 1.82) is 0 Å². The number of hydrogen-bond donors (Lipinski definition) is 2. The summed E-state index contributed by atoms with van der Waals surface area (Å²) in [6.45, 7) is 2.22. The van der Waals surface area contributed by atoms with E-state index in [0.717, 1.165) is 11.0 Å². The number of aromatic nitrogens is 2. The fourth-order valence-electron chi connectivity index (χ4n) is 3.64. The molecule has 0 saturated carbocycles. The second kappa shape index (κ2) is 8.28. The number of nitrogens with one attached hydrogen (secondary N) is 2. The highest BCUT2D eigenvalue weighted by molar-refractivity contribution is 5.95. The van der Waals surface area contributed by atoms with Gasteiger partial charge in [0.2, 0.25) is 0 Å². The predicted octanol–water partition coefficient (Wildman–Crippen LogP) is 2.92. The van der Waals surface area contributed by atoms with Gasteiger partial charge in [-0.3, -0.25) is 0 Å². The van der Waals surface area contributed by atoms with Gasteiger partial charge in [-0.1, -0.05) is 30.3 Å². The molecule has 8 heteroatoms. The zero-order chi connectivity index (χ0) is 21.1. The summed E-state index contributed by atoms with van der Waals surface area (Å²) < 4.78 is 12.7. The summed E-state index contributed by atoms with van der Waals surface area (Å²) in [7, 11) is 1.55. The van der Waals surface area contributed by atoms with Gasteiger partial charge >= 0.3 is 12.0 Å². The van der Waals surface area contributed by atoms with Crippen LogP contribution in [0.4, 0.5) is 4.79 Å². The van der Waals surface area contributed by atoms with E-state index in [0.29, 0.717) is 22.6 Å². The SMILES string of the molecule is CCOC(=O)C1=C(Cn2cnc3ccccc32)NC(=O)N[C@@H]1c1ccccc1OC. The van der Waals surface area contributed by atoms with Gasteiger partial charge in [-0.25, -0.2) is 14.6 Å². The molecule has 2 amide bonds. The minimum Gasteiger partial charge on any atom is -0.496 e. The Bertz CT molecular complexity index is 1130. The standard InChI is InChI=1S/C22H22N4O4/c1-3-30-21(27)19-16(12-26-13-23-15-9-5-6-10-17(15)26)24-22(28)25-20(19)14-8-4-7-11-18(14)29-2/h4-11,13,20H,3,12H2,1-2H3,(H2,24,25,28)/t20-/m1/s1. The lowest BCUT2D eigenvalue weighted by atomic mass is 9.94. The number of imidazole rings is 1. The molecule has 0 spiro atoms. The minimum atomic E-state index is -0.710. The van der Waals surface area contributed by atoms with Crippen molar-refractivity contribution < 1.29 is 19.1 Å². The van der Waals surface area contributed by atoms with Gasteiger partial charge < -0.3 is 24.7 Å². The van der Waals surface area contributed by atoms with Gasteiger partial charge in [-0.2, -0.15) is 0 Å². The summed E-state index contributed by atoms with van der Waals surface area (Å²) in [6, 6.07) is 13.8. The van der Waals surface area contributed by atoms with Crippen LogP contribution in [0.3, 0.4) is 0 Å². The Balaban J connectivity index is 1.84. The van der Waals surface area contributed by atoms with Gasteiger partial charge in [0.1, 0.15) is 5.75 Å². The van der Waals surface area contributed by atoms with E-state index in [-0.39, 0.29) is 13.2 Å². The van der Waals surface area contributed by atoms with E-state index in [1.807, 2.05) is 47.0 Å². The Kier molecular flexibility index (Phi) is 5.38. The Morgan fingerprint density at radius 3 is 2.73 bits per heavy atom. The zero-order valence-electron chi connectivity index (χ0n) is 16.7. The van der Waals surface area contributed by atoms with E-state index in [1.165, 1.54) is 0 Å². The first-order valence-corrected chi connectivity index (χ1v) is 9.62. The minimum absolute atomic E-state index is 0.218. The van der Waals surface area contributed by atoms with Crippen LogP contribution in [0.25, 0.3) is 11.0 Å². The van der Waals surface area contributed by atoms with E-state index in [9.17, 15) is 9.59 Å². The van der Waals surface area contributed by atoms with Gasteiger partial charge in [0.05, 0.1) is 54.9 Å².